The molecular formula is C26H23N5O3. The normalized spacial score (nSPS) is 12.1. The molecule has 3 N–H and O–H groups in total. The maximum atomic E-state index is 13.3. The first-order valence-corrected chi connectivity index (χ1v) is 10.9. The van der Waals surface area contributed by atoms with Crippen LogP contribution in [-0.2, 0) is 0 Å². The first-order chi connectivity index (χ1) is 16.4. The van der Waals surface area contributed by atoms with Crippen molar-refractivity contribution in [3.63, 3.8) is 0 Å². The molecule has 0 bridgehead atoms. The Bertz CT molecular complexity index is 1620. The van der Waals surface area contributed by atoms with Crippen molar-refractivity contribution >= 4 is 16.7 Å². The molecule has 8 heteroatoms. The number of anilines is 1. The molecule has 8 nitrogen and oxygen atoms in total. The average Bonchev–Trinajstić information content (AvgIpc) is 3.28. The van der Waals surface area contributed by atoms with Crippen LogP contribution < -0.4 is 16.4 Å². The lowest BCUT2D eigenvalue weighted by molar-refractivity contribution is 0.605. The Morgan fingerprint density at radius 3 is 2.56 bits per heavy atom. The number of nitrogens with one attached hydrogen (secondary N) is 3. The van der Waals surface area contributed by atoms with Gasteiger partial charge in [-0.2, -0.15) is 5.10 Å². The lowest BCUT2D eigenvalue weighted by Gasteiger charge is -2.19. The summed E-state index contributed by atoms with van der Waals surface area (Å²) in [6.45, 7) is 5.74. The molecule has 3 aromatic heterocycles. The number of H-pyrrole nitrogens is 2. The summed E-state index contributed by atoms with van der Waals surface area (Å²) in [5.74, 6) is 0.898. The zero-order valence-electron chi connectivity index (χ0n) is 19.0. The Hall–Kier alpha value is -4.46. The number of aryl methyl sites for hydroxylation is 1. The fourth-order valence-electron chi connectivity index (χ4n) is 4.16. The largest absolute Gasteiger partial charge is 0.455 e. The monoisotopic (exact) mass is 453 g/mol. The third-order valence-electron chi connectivity index (χ3n) is 5.80. The lowest BCUT2D eigenvalue weighted by atomic mass is 9.98. The summed E-state index contributed by atoms with van der Waals surface area (Å²) >= 11 is 0. The minimum atomic E-state index is -0.407. The van der Waals surface area contributed by atoms with E-state index in [0.717, 1.165) is 16.7 Å². The van der Waals surface area contributed by atoms with Crippen LogP contribution in [0.25, 0.3) is 33.8 Å². The minimum absolute atomic E-state index is 0.0478. The highest BCUT2D eigenvalue weighted by Gasteiger charge is 2.20. The second kappa shape index (κ2) is 8.47. The summed E-state index contributed by atoms with van der Waals surface area (Å²) in [7, 11) is 0. The second-order valence-corrected chi connectivity index (χ2v) is 8.27. The van der Waals surface area contributed by atoms with Crippen molar-refractivity contribution in [2.24, 2.45) is 0 Å². The summed E-state index contributed by atoms with van der Waals surface area (Å²) in [6, 6.07) is 16.9. The molecule has 0 spiro atoms. The Kier molecular flexibility index (Phi) is 5.33. The van der Waals surface area contributed by atoms with E-state index in [4.69, 9.17) is 4.42 Å². The SMILES string of the molecule is Cc1cc(C(C)Nc2cccnc2-c2n[nH]c(=O)[nH]2)c2oc(-c3ccccc3)c(C)c(=O)c2c1. The third-order valence-corrected chi connectivity index (χ3v) is 5.80. The van der Waals surface area contributed by atoms with Gasteiger partial charge in [-0.25, -0.2) is 9.89 Å². The smallest absolute Gasteiger partial charge is 0.340 e. The molecule has 0 saturated heterocycles. The third kappa shape index (κ3) is 3.79. The van der Waals surface area contributed by atoms with Gasteiger partial charge in [0, 0.05) is 22.9 Å². The van der Waals surface area contributed by atoms with Gasteiger partial charge in [0.2, 0.25) is 0 Å². The van der Waals surface area contributed by atoms with Gasteiger partial charge in [-0.05, 0) is 44.5 Å². The van der Waals surface area contributed by atoms with Gasteiger partial charge in [0.05, 0.1) is 17.1 Å². The van der Waals surface area contributed by atoms with Crippen LogP contribution in [-0.4, -0.2) is 20.2 Å². The number of rotatable bonds is 5. The zero-order valence-corrected chi connectivity index (χ0v) is 19.0. The van der Waals surface area contributed by atoms with Crippen LogP contribution in [0.1, 0.15) is 29.7 Å². The quantitative estimate of drug-likeness (QED) is 0.354. The highest BCUT2D eigenvalue weighted by Crippen LogP contribution is 2.33. The molecule has 0 amide bonds. The van der Waals surface area contributed by atoms with Gasteiger partial charge in [0.25, 0.3) is 0 Å². The molecule has 2 aromatic carbocycles. The predicted molar refractivity (Wildman–Crippen MR) is 132 cm³/mol. The van der Waals surface area contributed by atoms with E-state index in [9.17, 15) is 9.59 Å². The average molecular weight is 454 g/mol. The van der Waals surface area contributed by atoms with Gasteiger partial charge in [0.15, 0.2) is 11.3 Å². The molecule has 0 aliphatic heterocycles. The molecule has 170 valence electrons. The molecule has 0 saturated carbocycles. The predicted octanol–water partition coefficient (Wildman–Crippen LogP) is 4.72. The zero-order chi connectivity index (χ0) is 23.8. The number of fused-ring (bicyclic) bond motifs is 1. The van der Waals surface area contributed by atoms with Crippen LogP contribution in [0.15, 0.2) is 74.8 Å². The number of hydrogen-bond acceptors (Lipinski definition) is 6. The van der Waals surface area contributed by atoms with E-state index in [1.54, 1.807) is 19.2 Å². The van der Waals surface area contributed by atoms with Crippen LogP contribution in [0, 0.1) is 13.8 Å². The number of benzene rings is 2. The van der Waals surface area contributed by atoms with Crippen LogP contribution in [0.4, 0.5) is 5.69 Å². The number of nitrogens with zero attached hydrogens (tertiary/aromatic N) is 2. The standard InChI is InChI=1S/C26H23N5O3/c1-14-12-18(16(3)28-20-10-7-11-27-21(20)25-29-26(33)31-30-25)24-19(13-14)22(32)15(2)23(34-24)17-8-5-4-6-9-17/h4-13,16,28H,1-3H3,(H2,29,30,31,33). The molecule has 0 radical (unpaired) electrons. The van der Waals surface area contributed by atoms with Crippen molar-refractivity contribution in [2.75, 3.05) is 5.32 Å². The van der Waals surface area contributed by atoms with Crippen LogP contribution in [0.2, 0.25) is 0 Å². The van der Waals surface area contributed by atoms with Gasteiger partial charge >= 0.3 is 5.69 Å². The van der Waals surface area contributed by atoms with E-state index in [0.29, 0.717) is 39.5 Å². The minimum Gasteiger partial charge on any atom is -0.455 e. The second-order valence-electron chi connectivity index (χ2n) is 8.27. The fraction of sp³-hybridized carbons (Fsp3) is 0.154. The highest BCUT2D eigenvalue weighted by atomic mass is 16.3. The van der Waals surface area contributed by atoms with E-state index in [1.165, 1.54) is 0 Å². The van der Waals surface area contributed by atoms with Gasteiger partial charge in [-0.3, -0.25) is 14.8 Å². The Balaban J connectivity index is 1.64. The van der Waals surface area contributed by atoms with Gasteiger partial charge < -0.3 is 9.73 Å². The molecule has 5 rings (SSSR count). The summed E-state index contributed by atoms with van der Waals surface area (Å²) in [4.78, 5) is 31.9. The fourth-order valence-corrected chi connectivity index (χ4v) is 4.16. The van der Waals surface area contributed by atoms with E-state index in [2.05, 4.69) is 25.5 Å². The number of pyridine rings is 1. The van der Waals surface area contributed by atoms with E-state index in [1.807, 2.05) is 62.4 Å². The molecule has 34 heavy (non-hydrogen) atoms. The molecule has 1 atom stereocenters. The lowest BCUT2D eigenvalue weighted by Crippen LogP contribution is -2.13. The summed E-state index contributed by atoms with van der Waals surface area (Å²) in [5.41, 5.74) is 4.50. The molecule has 3 heterocycles. The Morgan fingerprint density at radius 2 is 1.82 bits per heavy atom. The Labute approximate surface area is 194 Å². The van der Waals surface area contributed by atoms with Gasteiger partial charge in [0.1, 0.15) is 17.0 Å². The topological polar surface area (TPSA) is 117 Å². The van der Waals surface area contributed by atoms with E-state index < -0.39 is 5.69 Å². The maximum Gasteiger partial charge on any atom is 0.340 e. The van der Waals surface area contributed by atoms with E-state index in [-0.39, 0.29) is 11.5 Å². The first kappa shape index (κ1) is 21.4. The van der Waals surface area contributed by atoms with Crippen molar-refractivity contribution in [1.82, 2.24) is 20.2 Å². The number of aromatic nitrogens is 4. The summed E-state index contributed by atoms with van der Waals surface area (Å²) in [6.07, 6.45) is 1.63. The molecule has 0 aliphatic carbocycles. The van der Waals surface area contributed by atoms with Crippen molar-refractivity contribution in [2.45, 2.75) is 26.8 Å². The molecule has 0 aliphatic rings. The number of hydrogen-bond donors (Lipinski definition) is 3. The summed E-state index contributed by atoms with van der Waals surface area (Å²) in [5, 5.41) is 10.4. The Morgan fingerprint density at radius 1 is 1.03 bits per heavy atom. The van der Waals surface area contributed by atoms with Crippen molar-refractivity contribution in [3.05, 3.63) is 98.2 Å². The molecule has 0 fully saturated rings. The van der Waals surface area contributed by atoms with Crippen molar-refractivity contribution in [1.29, 1.82) is 0 Å². The molecule has 5 aromatic rings. The van der Waals surface area contributed by atoms with E-state index >= 15 is 0 Å². The number of aromatic amines is 2. The molecular weight excluding hydrogens is 430 g/mol. The van der Waals surface area contributed by atoms with Crippen LogP contribution in [0.5, 0.6) is 0 Å². The van der Waals surface area contributed by atoms with Crippen LogP contribution in [0.3, 0.4) is 0 Å². The van der Waals surface area contributed by atoms with Gasteiger partial charge in [-0.1, -0.05) is 36.4 Å². The van der Waals surface area contributed by atoms with Gasteiger partial charge in [-0.15, -0.1) is 0 Å². The first-order valence-electron chi connectivity index (χ1n) is 10.9. The van der Waals surface area contributed by atoms with Crippen molar-refractivity contribution in [3.8, 4) is 22.8 Å². The van der Waals surface area contributed by atoms with Crippen molar-refractivity contribution < 1.29 is 4.42 Å². The highest BCUT2D eigenvalue weighted by molar-refractivity contribution is 5.85. The summed E-state index contributed by atoms with van der Waals surface area (Å²) < 4.78 is 6.40. The maximum absolute atomic E-state index is 13.3. The van der Waals surface area contributed by atoms with Crippen LogP contribution >= 0.6 is 0 Å². The molecule has 1 unspecified atom stereocenters.